The number of nitrogens with zero attached hydrogens (tertiary/aromatic N) is 4. The second-order valence-electron chi connectivity index (χ2n) is 6.05. The maximum atomic E-state index is 12.2. The van der Waals surface area contributed by atoms with Crippen LogP contribution >= 0.6 is 0 Å². The van der Waals surface area contributed by atoms with E-state index in [4.69, 9.17) is 5.26 Å². The topological polar surface area (TPSA) is 117 Å². The average Bonchev–Trinajstić information content (AvgIpc) is 2.72. The summed E-state index contributed by atoms with van der Waals surface area (Å²) in [6, 6.07) is 1.28. The second kappa shape index (κ2) is 6.31. The molecule has 1 N–H and O–H groups in total. The van der Waals surface area contributed by atoms with Crippen LogP contribution in [0, 0.1) is 11.3 Å². The van der Waals surface area contributed by atoms with Crippen molar-refractivity contribution in [1.82, 2.24) is 19.4 Å². The van der Waals surface area contributed by atoms with E-state index in [0.717, 1.165) is 9.47 Å². The molecule has 0 aromatic carbocycles. The van der Waals surface area contributed by atoms with Gasteiger partial charge in [0.2, 0.25) is 0 Å². The summed E-state index contributed by atoms with van der Waals surface area (Å²) in [5.74, 6) is -0.350. The van der Waals surface area contributed by atoms with Crippen LogP contribution in [0.2, 0.25) is 0 Å². The van der Waals surface area contributed by atoms with Gasteiger partial charge in [0.1, 0.15) is 17.2 Å². The minimum atomic E-state index is -0.955. The van der Waals surface area contributed by atoms with Gasteiger partial charge in [-0.1, -0.05) is 0 Å². The van der Waals surface area contributed by atoms with Gasteiger partial charge in [0.15, 0.2) is 0 Å². The number of hydrogen-bond donors (Lipinski definition) is 1. The molecule has 0 radical (unpaired) electrons. The van der Waals surface area contributed by atoms with Crippen molar-refractivity contribution < 1.29 is 9.59 Å². The number of imide groups is 1. The van der Waals surface area contributed by atoms with Gasteiger partial charge in [-0.15, -0.1) is 0 Å². The summed E-state index contributed by atoms with van der Waals surface area (Å²) in [5, 5.41) is 11.6. The van der Waals surface area contributed by atoms with Crippen LogP contribution in [-0.2, 0) is 17.9 Å². The van der Waals surface area contributed by atoms with E-state index in [-0.39, 0.29) is 31.0 Å². The number of amides is 3. The Morgan fingerprint density at radius 1 is 1.21 bits per heavy atom. The van der Waals surface area contributed by atoms with E-state index in [1.807, 2.05) is 0 Å². The molecule has 0 bridgehead atoms. The molecule has 2 rings (SSSR count). The number of aromatic nitrogens is 2. The van der Waals surface area contributed by atoms with Crippen LogP contribution < -0.4 is 16.6 Å². The summed E-state index contributed by atoms with van der Waals surface area (Å²) < 4.78 is 2.24. The third kappa shape index (κ3) is 2.95. The summed E-state index contributed by atoms with van der Waals surface area (Å²) in [6.07, 6.45) is 1.48. The highest BCUT2D eigenvalue weighted by atomic mass is 16.2. The van der Waals surface area contributed by atoms with Crippen molar-refractivity contribution in [3.8, 4) is 6.07 Å². The molecule has 1 aliphatic rings. The Labute approximate surface area is 138 Å². The van der Waals surface area contributed by atoms with Crippen LogP contribution in [-0.4, -0.2) is 38.1 Å². The summed E-state index contributed by atoms with van der Waals surface area (Å²) >= 11 is 0. The van der Waals surface area contributed by atoms with Gasteiger partial charge < -0.3 is 5.32 Å². The van der Waals surface area contributed by atoms with Crippen molar-refractivity contribution >= 4 is 11.9 Å². The van der Waals surface area contributed by atoms with E-state index in [1.54, 1.807) is 26.8 Å². The highest BCUT2D eigenvalue weighted by Crippen LogP contribution is 2.16. The Kier molecular flexibility index (Phi) is 4.59. The number of hydrogen-bond acceptors (Lipinski definition) is 5. The lowest BCUT2D eigenvalue weighted by Gasteiger charge is -2.16. The lowest BCUT2D eigenvalue weighted by atomic mass is 10.1. The molecule has 9 nitrogen and oxygen atoms in total. The number of nitriles is 1. The largest absolute Gasteiger partial charge is 0.331 e. The predicted molar refractivity (Wildman–Crippen MR) is 84.3 cm³/mol. The summed E-state index contributed by atoms with van der Waals surface area (Å²) in [4.78, 5) is 49.3. The van der Waals surface area contributed by atoms with Crippen molar-refractivity contribution in [3.05, 3.63) is 32.6 Å². The molecule has 24 heavy (non-hydrogen) atoms. The van der Waals surface area contributed by atoms with Crippen molar-refractivity contribution in [3.63, 3.8) is 0 Å². The molecular weight excluding hydrogens is 314 g/mol. The lowest BCUT2D eigenvalue weighted by Crippen LogP contribution is -2.42. The number of rotatable bonds is 5. The maximum Gasteiger partial charge on any atom is 0.331 e. The van der Waals surface area contributed by atoms with Gasteiger partial charge in [0.05, 0.1) is 0 Å². The fourth-order valence-electron chi connectivity index (χ4n) is 2.56. The standard InChI is InChI=1S/C15H19N5O4/c1-4-18-9-10(8-16)11(21)19(14(18)24)6-5-7-20-12(22)15(2,3)17-13(20)23/h9H,4-7H2,1-3H3,(H,17,23). The average molecular weight is 333 g/mol. The van der Waals surface area contributed by atoms with Gasteiger partial charge in [-0.2, -0.15) is 5.26 Å². The van der Waals surface area contributed by atoms with Gasteiger partial charge in [-0.05, 0) is 27.2 Å². The Bertz CT molecular complexity index is 843. The lowest BCUT2D eigenvalue weighted by molar-refractivity contribution is -0.130. The molecule has 3 amide bonds. The first-order valence-corrected chi connectivity index (χ1v) is 7.61. The molecular formula is C15H19N5O4. The Morgan fingerprint density at radius 3 is 2.38 bits per heavy atom. The zero-order valence-corrected chi connectivity index (χ0v) is 13.8. The van der Waals surface area contributed by atoms with E-state index in [2.05, 4.69) is 5.32 Å². The summed E-state index contributed by atoms with van der Waals surface area (Å²) in [6.45, 7) is 5.37. The van der Waals surface area contributed by atoms with Gasteiger partial charge in [-0.3, -0.25) is 23.6 Å². The number of aryl methyl sites for hydroxylation is 1. The second-order valence-corrected chi connectivity index (χ2v) is 6.05. The molecule has 0 aliphatic carbocycles. The first-order chi connectivity index (χ1) is 11.2. The van der Waals surface area contributed by atoms with E-state index in [1.165, 1.54) is 10.8 Å². The van der Waals surface area contributed by atoms with Crippen molar-refractivity contribution in [2.45, 2.75) is 45.8 Å². The zero-order valence-electron chi connectivity index (χ0n) is 13.8. The summed E-state index contributed by atoms with van der Waals surface area (Å²) in [5.41, 5.74) is -2.25. The van der Waals surface area contributed by atoms with Crippen molar-refractivity contribution in [1.29, 1.82) is 5.26 Å². The predicted octanol–water partition coefficient (Wildman–Crippen LogP) is -0.378. The highest BCUT2D eigenvalue weighted by molar-refractivity contribution is 6.06. The van der Waals surface area contributed by atoms with Crippen molar-refractivity contribution in [2.75, 3.05) is 6.54 Å². The normalized spacial score (nSPS) is 16.2. The molecule has 128 valence electrons. The van der Waals surface area contributed by atoms with Gasteiger partial charge >= 0.3 is 11.7 Å². The molecule has 1 aromatic rings. The van der Waals surface area contributed by atoms with Crippen LogP contribution in [0.1, 0.15) is 32.8 Å². The summed E-state index contributed by atoms with van der Waals surface area (Å²) in [7, 11) is 0. The number of nitrogens with one attached hydrogen (secondary N) is 1. The molecule has 2 heterocycles. The SMILES string of the molecule is CCn1cc(C#N)c(=O)n(CCCN2C(=O)NC(C)(C)C2=O)c1=O. The monoisotopic (exact) mass is 333 g/mol. The molecule has 0 unspecified atom stereocenters. The van der Waals surface area contributed by atoms with Crippen molar-refractivity contribution in [2.24, 2.45) is 0 Å². The van der Waals surface area contributed by atoms with Crippen LogP contribution in [0.5, 0.6) is 0 Å². The van der Waals surface area contributed by atoms with Gasteiger partial charge in [0.25, 0.3) is 11.5 Å². The minimum Gasteiger partial charge on any atom is -0.324 e. The van der Waals surface area contributed by atoms with E-state index >= 15 is 0 Å². The zero-order chi connectivity index (χ0) is 18.1. The highest BCUT2D eigenvalue weighted by Gasteiger charge is 2.43. The van der Waals surface area contributed by atoms with Gasteiger partial charge in [-0.25, -0.2) is 9.59 Å². The molecule has 0 spiro atoms. The van der Waals surface area contributed by atoms with E-state index in [9.17, 15) is 19.2 Å². The fraction of sp³-hybridized carbons (Fsp3) is 0.533. The number of carbonyl (C=O) groups excluding carboxylic acids is 2. The number of urea groups is 1. The first kappa shape index (κ1) is 17.5. The third-order valence-electron chi connectivity index (χ3n) is 3.91. The Morgan fingerprint density at radius 2 is 1.88 bits per heavy atom. The molecule has 1 saturated heterocycles. The van der Waals surface area contributed by atoms with Crippen LogP contribution in [0.25, 0.3) is 0 Å². The number of carbonyl (C=O) groups is 2. The molecule has 1 aromatic heterocycles. The minimum absolute atomic E-state index is 0.0185. The molecule has 1 fully saturated rings. The van der Waals surface area contributed by atoms with Gasteiger partial charge in [0, 0.05) is 25.8 Å². The maximum absolute atomic E-state index is 12.2. The first-order valence-electron chi connectivity index (χ1n) is 7.61. The Hall–Kier alpha value is -2.89. The van der Waals surface area contributed by atoms with Crippen LogP contribution in [0.15, 0.2) is 15.8 Å². The quantitative estimate of drug-likeness (QED) is 0.737. The molecule has 9 heteroatoms. The smallest absolute Gasteiger partial charge is 0.324 e. The van der Waals surface area contributed by atoms with Crippen LogP contribution in [0.4, 0.5) is 4.79 Å². The fourth-order valence-corrected chi connectivity index (χ4v) is 2.56. The van der Waals surface area contributed by atoms with E-state index in [0.29, 0.717) is 6.54 Å². The molecule has 0 saturated carbocycles. The molecule has 1 aliphatic heterocycles. The van der Waals surface area contributed by atoms with Crippen LogP contribution in [0.3, 0.4) is 0 Å². The third-order valence-corrected chi connectivity index (χ3v) is 3.91. The molecule has 0 atom stereocenters. The van der Waals surface area contributed by atoms with E-state index < -0.39 is 22.8 Å². The Balaban J connectivity index is 2.18.